The summed E-state index contributed by atoms with van der Waals surface area (Å²) in [5.41, 5.74) is 0. The smallest absolute Gasteiger partial charge is 0.344 e. The van der Waals surface area contributed by atoms with E-state index in [1.165, 1.54) is 7.11 Å². The standard InChI is InChI=1S/C15H13ClO5S/c1-19-11-4-2-3-5-12(11)20-9-15(18)21-8-10(17)13-6-7-14(16)22-13/h2-7H,8-9H2,1H3. The molecular weight excluding hydrogens is 328 g/mol. The highest BCUT2D eigenvalue weighted by molar-refractivity contribution is 7.18. The van der Waals surface area contributed by atoms with Gasteiger partial charge in [0.25, 0.3) is 0 Å². The molecule has 0 fully saturated rings. The van der Waals surface area contributed by atoms with Crippen LogP contribution in [0.5, 0.6) is 11.5 Å². The van der Waals surface area contributed by atoms with E-state index in [2.05, 4.69) is 0 Å². The number of methoxy groups -OCH3 is 1. The van der Waals surface area contributed by atoms with Gasteiger partial charge >= 0.3 is 5.97 Å². The Balaban J connectivity index is 1.80. The van der Waals surface area contributed by atoms with Crippen LogP contribution in [0.25, 0.3) is 0 Å². The Hall–Kier alpha value is -2.05. The predicted molar refractivity (Wildman–Crippen MR) is 83.1 cm³/mol. The fraction of sp³-hybridized carbons (Fsp3) is 0.200. The SMILES string of the molecule is COc1ccccc1OCC(=O)OCC(=O)c1ccc(Cl)s1. The second kappa shape index (κ2) is 7.82. The summed E-state index contributed by atoms with van der Waals surface area (Å²) in [4.78, 5) is 23.8. The molecule has 0 aliphatic rings. The number of para-hydroxylation sites is 2. The molecule has 0 bridgehead atoms. The molecule has 0 saturated carbocycles. The summed E-state index contributed by atoms with van der Waals surface area (Å²) < 4.78 is 15.8. The van der Waals surface area contributed by atoms with Gasteiger partial charge < -0.3 is 14.2 Å². The van der Waals surface area contributed by atoms with E-state index in [0.29, 0.717) is 20.7 Å². The quantitative estimate of drug-likeness (QED) is 0.572. The highest BCUT2D eigenvalue weighted by Crippen LogP contribution is 2.25. The van der Waals surface area contributed by atoms with Gasteiger partial charge in [-0.25, -0.2) is 4.79 Å². The first-order valence-corrected chi connectivity index (χ1v) is 7.49. The normalized spacial score (nSPS) is 10.1. The lowest BCUT2D eigenvalue weighted by molar-refractivity contribution is -0.144. The molecule has 0 N–H and O–H groups in total. The molecule has 0 amide bonds. The van der Waals surface area contributed by atoms with Gasteiger partial charge in [-0.2, -0.15) is 0 Å². The fourth-order valence-corrected chi connectivity index (χ4v) is 2.57. The first-order valence-electron chi connectivity index (χ1n) is 6.30. The number of carbonyl (C=O) groups excluding carboxylic acids is 2. The van der Waals surface area contributed by atoms with Crippen molar-refractivity contribution in [2.24, 2.45) is 0 Å². The van der Waals surface area contributed by atoms with E-state index in [9.17, 15) is 9.59 Å². The van der Waals surface area contributed by atoms with Crippen LogP contribution in [0.2, 0.25) is 4.34 Å². The van der Waals surface area contributed by atoms with Crippen molar-refractivity contribution in [2.45, 2.75) is 0 Å². The molecule has 0 atom stereocenters. The summed E-state index contributed by atoms with van der Waals surface area (Å²) in [6.07, 6.45) is 0. The topological polar surface area (TPSA) is 61.8 Å². The number of halogens is 1. The molecule has 1 aromatic heterocycles. The molecule has 22 heavy (non-hydrogen) atoms. The van der Waals surface area contributed by atoms with Gasteiger partial charge in [0.2, 0.25) is 5.78 Å². The van der Waals surface area contributed by atoms with Gasteiger partial charge in [0.05, 0.1) is 16.3 Å². The summed E-state index contributed by atoms with van der Waals surface area (Å²) in [6, 6.07) is 10.1. The lowest BCUT2D eigenvalue weighted by atomic mass is 10.3. The van der Waals surface area contributed by atoms with E-state index in [0.717, 1.165) is 11.3 Å². The maximum atomic E-state index is 11.8. The van der Waals surface area contributed by atoms with Crippen molar-refractivity contribution in [1.29, 1.82) is 0 Å². The van der Waals surface area contributed by atoms with E-state index in [-0.39, 0.29) is 19.0 Å². The van der Waals surface area contributed by atoms with Crippen molar-refractivity contribution in [3.05, 3.63) is 45.6 Å². The van der Waals surface area contributed by atoms with Gasteiger partial charge in [-0.05, 0) is 24.3 Å². The molecule has 1 heterocycles. The molecule has 0 aliphatic carbocycles. The average Bonchev–Trinajstić information content (AvgIpc) is 2.97. The maximum absolute atomic E-state index is 11.8. The molecule has 1 aromatic carbocycles. The summed E-state index contributed by atoms with van der Waals surface area (Å²) in [5.74, 6) is 0.00219. The van der Waals surface area contributed by atoms with Crippen LogP contribution in [0.3, 0.4) is 0 Å². The Morgan fingerprint density at radius 3 is 2.45 bits per heavy atom. The van der Waals surface area contributed by atoms with Crippen LogP contribution in [0.15, 0.2) is 36.4 Å². The monoisotopic (exact) mass is 340 g/mol. The fourth-order valence-electron chi connectivity index (χ4n) is 1.60. The van der Waals surface area contributed by atoms with Gasteiger partial charge in [0.15, 0.2) is 24.7 Å². The van der Waals surface area contributed by atoms with Gasteiger partial charge in [-0.3, -0.25) is 4.79 Å². The van der Waals surface area contributed by atoms with Crippen molar-refractivity contribution in [2.75, 3.05) is 20.3 Å². The van der Waals surface area contributed by atoms with Crippen molar-refractivity contribution in [3.63, 3.8) is 0 Å². The summed E-state index contributed by atoms with van der Waals surface area (Å²) in [6.45, 7) is -0.649. The minimum atomic E-state index is -0.637. The van der Waals surface area contributed by atoms with Crippen LogP contribution in [0, 0.1) is 0 Å². The number of hydrogen-bond donors (Lipinski definition) is 0. The molecule has 2 aromatic rings. The number of carbonyl (C=O) groups is 2. The highest BCUT2D eigenvalue weighted by Gasteiger charge is 2.13. The number of ketones is 1. The lowest BCUT2D eigenvalue weighted by Crippen LogP contribution is -2.19. The third kappa shape index (κ3) is 4.47. The van der Waals surface area contributed by atoms with Crippen molar-refractivity contribution in [1.82, 2.24) is 0 Å². The molecule has 7 heteroatoms. The van der Waals surface area contributed by atoms with Gasteiger partial charge in [-0.15, -0.1) is 11.3 Å². The average molecular weight is 341 g/mol. The number of hydrogen-bond acceptors (Lipinski definition) is 6. The number of esters is 1. The molecule has 0 saturated heterocycles. The van der Waals surface area contributed by atoms with E-state index in [4.69, 9.17) is 25.8 Å². The molecule has 116 valence electrons. The van der Waals surface area contributed by atoms with Gasteiger partial charge in [0.1, 0.15) is 0 Å². The number of benzene rings is 1. The Kier molecular flexibility index (Phi) is 5.80. The second-order valence-electron chi connectivity index (χ2n) is 4.13. The van der Waals surface area contributed by atoms with E-state index in [1.54, 1.807) is 36.4 Å². The Bertz CT molecular complexity index is 667. The highest BCUT2D eigenvalue weighted by atomic mass is 35.5. The zero-order valence-corrected chi connectivity index (χ0v) is 13.3. The third-order valence-electron chi connectivity index (χ3n) is 2.63. The number of rotatable bonds is 7. The van der Waals surface area contributed by atoms with Gasteiger partial charge in [-0.1, -0.05) is 23.7 Å². The number of thiophene rings is 1. The zero-order chi connectivity index (χ0) is 15.9. The van der Waals surface area contributed by atoms with Crippen LogP contribution in [0.1, 0.15) is 9.67 Å². The zero-order valence-electron chi connectivity index (χ0n) is 11.7. The largest absolute Gasteiger partial charge is 0.493 e. The third-order valence-corrected chi connectivity index (χ3v) is 3.90. The summed E-state index contributed by atoms with van der Waals surface area (Å²) in [7, 11) is 1.51. The van der Waals surface area contributed by atoms with E-state index < -0.39 is 5.97 Å². The van der Waals surface area contributed by atoms with Crippen molar-refractivity contribution < 1.29 is 23.8 Å². The van der Waals surface area contributed by atoms with Crippen LogP contribution in [0.4, 0.5) is 0 Å². The molecular formula is C15H13ClO5S. The predicted octanol–water partition coefficient (Wildman–Crippen LogP) is 3.22. The molecule has 0 aliphatic heterocycles. The van der Waals surface area contributed by atoms with E-state index in [1.807, 2.05) is 0 Å². The summed E-state index contributed by atoms with van der Waals surface area (Å²) >= 11 is 6.88. The first-order chi connectivity index (χ1) is 10.6. The molecule has 2 rings (SSSR count). The van der Waals surface area contributed by atoms with Crippen LogP contribution in [-0.2, 0) is 9.53 Å². The molecule has 0 spiro atoms. The Morgan fingerprint density at radius 1 is 1.09 bits per heavy atom. The molecule has 5 nitrogen and oxygen atoms in total. The van der Waals surface area contributed by atoms with Crippen molar-refractivity contribution >= 4 is 34.7 Å². The lowest BCUT2D eigenvalue weighted by Gasteiger charge is -2.09. The Morgan fingerprint density at radius 2 is 1.82 bits per heavy atom. The minimum Gasteiger partial charge on any atom is -0.493 e. The first kappa shape index (κ1) is 16.3. The van der Waals surface area contributed by atoms with Crippen LogP contribution in [-0.4, -0.2) is 32.1 Å². The number of ether oxygens (including phenoxy) is 3. The summed E-state index contributed by atoms with van der Waals surface area (Å²) in [5, 5.41) is 0. The van der Waals surface area contributed by atoms with Crippen LogP contribution < -0.4 is 9.47 Å². The minimum absolute atomic E-state index is 0.303. The maximum Gasteiger partial charge on any atom is 0.344 e. The van der Waals surface area contributed by atoms with Gasteiger partial charge in [0, 0.05) is 0 Å². The molecule has 0 unspecified atom stereocenters. The molecule has 0 radical (unpaired) electrons. The number of Topliss-reactive ketones (excluding diaryl/α,β-unsaturated/α-hetero) is 1. The Labute approximate surface area is 136 Å². The second-order valence-corrected chi connectivity index (χ2v) is 5.84. The van der Waals surface area contributed by atoms with Crippen LogP contribution >= 0.6 is 22.9 Å². The van der Waals surface area contributed by atoms with E-state index >= 15 is 0 Å². The van der Waals surface area contributed by atoms with Crippen molar-refractivity contribution in [3.8, 4) is 11.5 Å².